The van der Waals surface area contributed by atoms with E-state index in [-0.39, 0.29) is 11.8 Å². The molecule has 1 aliphatic heterocycles. The number of nitrogens with one attached hydrogen (secondary N) is 2. The molecule has 0 spiro atoms. The molecule has 1 amide bonds. The third-order valence-electron chi connectivity index (χ3n) is 3.02. The van der Waals surface area contributed by atoms with Gasteiger partial charge in [-0.2, -0.15) is 0 Å². The van der Waals surface area contributed by atoms with Crippen LogP contribution in [-0.4, -0.2) is 17.6 Å². The van der Waals surface area contributed by atoms with Crippen LogP contribution in [0.3, 0.4) is 0 Å². The van der Waals surface area contributed by atoms with Crippen LogP contribution in [0.2, 0.25) is 0 Å². The maximum Gasteiger partial charge on any atom is 0.236 e. The van der Waals surface area contributed by atoms with E-state index in [1.165, 1.54) is 0 Å². The van der Waals surface area contributed by atoms with Gasteiger partial charge in [0.15, 0.2) is 0 Å². The Morgan fingerprint density at radius 2 is 2.33 bits per heavy atom. The largest absolute Gasteiger partial charge is 0.384 e. The fourth-order valence-electron chi connectivity index (χ4n) is 2.15. The quantitative estimate of drug-likeness (QED) is 0.848. The Bertz CT molecular complexity index is 591. The minimum atomic E-state index is -0.188. The molecular formula is C13H13N3O2. The number of fused-ring (bicyclic) bond motifs is 1. The average molecular weight is 243 g/mol. The molecule has 0 saturated heterocycles. The molecule has 5 nitrogen and oxygen atoms in total. The van der Waals surface area contributed by atoms with Crippen molar-refractivity contribution in [2.45, 2.75) is 12.8 Å². The summed E-state index contributed by atoms with van der Waals surface area (Å²) in [5, 5.41) is 9.69. The van der Waals surface area contributed by atoms with E-state index in [2.05, 4.69) is 15.8 Å². The van der Waals surface area contributed by atoms with Crippen LogP contribution in [0.4, 0.5) is 11.6 Å². The van der Waals surface area contributed by atoms with Crippen molar-refractivity contribution in [2.75, 3.05) is 17.2 Å². The topological polar surface area (TPSA) is 67.2 Å². The van der Waals surface area contributed by atoms with Crippen molar-refractivity contribution >= 4 is 17.5 Å². The summed E-state index contributed by atoms with van der Waals surface area (Å²) in [6.07, 6.45) is 0. The number of hydrogen-bond donors (Lipinski definition) is 2. The molecule has 1 aliphatic rings. The molecule has 1 unspecified atom stereocenters. The molecule has 2 heterocycles. The summed E-state index contributed by atoms with van der Waals surface area (Å²) in [4.78, 5) is 12.1. The minimum Gasteiger partial charge on any atom is -0.384 e. The fraction of sp³-hybridized carbons (Fsp3) is 0.231. The maximum atomic E-state index is 12.1. The lowest BCUT2D eigenvalue weighted by Gasteiger charge is -2.08. The Kier molecular flexibility index (Phi) is 2.51. The van der Waals surface area contributed by atoms with Crippen molar-refractivity contribution in [3.63, 3.8) is 0 Å². The molecular weight excluding hydrogens is 230 g/mol. The lowest BCUT2D eigenvalue weighted by atomic mass is 10.0. The van der Waals surface area contributed by atoms with Crippen LogP contribution in [0.15, 0.2) is 34.9 Å². The van der Waals surface area contributed by atoms with Gasteiger partial charge in [0.25, 0.3) is 0 Å². The smallest absolute Gasteiger partial charge is 0.236 e. The molecule has 3 rings (SSSR count). The van der Waals surface area contributed by atoms with Crippen LogP contribution in [0.25, 0.3) is 0 Å². The third kappa shape index (κ3) is 1.84. The van der Waals surface area contributed by atoms with Gasteiger partial charge in [-0.1, -0.05) is 23.4 Å². The number of carbonyl (C=O) groups is 1. The molecule has 0 bridgehead atoms. The van der Waals surface area contributed by atoms with Crippen molar-refractivity contribution < 1.29 is 9.32 Å². The van der Waals surface area contributed by atoms with Crippen molar-refractivity contribution in [2.24, 2.45) is 0 Å². The normalized spacial score (nSPS) is 17.1. The molecule has 18 heavy (non-hydrogen) atoms. The number of rotatable bonds is 2. The summed E-state index contributed by atoms with van der Waals surface area (Å²) in [6, 6.07) is 9.52. The van der Waals surface area contributed by atoms with Gasteiger partial charge in [-0.25, -0.2) is 0 Å². The molecule has 1 atom stereocenters. The number of nitrogens with zero attached hydrogens (tertiary/aromatic N) is 1. The lowest BCUT2D eigenvalue weighted by molar-refractivity contribution is -0.117. The first kappa shape index (κ1) is 10.8. The second kappa shape index (κ2) is 4.18. The van der Waals surface area contributed by atoms with E-state index in [1.807, 2.05) is 31.2 Å². The Morgan fingerprint density at radius 3 is 3.11 bits per heavy atom. The molecule has 0 aliphatic carbocycles. The fourth-order valence-corrected chi connectivity index (χ4v) is 2.15. The van der Waals surface area contributed by atoms with Gasteiger partial charge >= 0.3 is 0 Å². The summed E-state index contributed by atoms with van der Waals surface area (Å²) >= 11 is 0. The van der Waals surface area contributed by atoms with Gasteiger partial charge in [0.2, 0.25) is 11.8 Å². The molecule has 0 radical (unpaired) electrons. The highest BCUT2D eigenvalue weighted by Gasteiger charge is 2.28. The van der Waals surface area contributed by atoms with Gasteiger partial charge in [-0.05, 0) is 18.6 Å². The molecule has 2 aromatic rings. The number of aromatic nitrogens is 1. The van der Waals surface area contributed by atoms with E-state index in [9.17, 15) is 4.79 Å². The van der Waals surface area contributed by atoms with E-state index in [1.54, 1.807) is 6.07 Å². The van der Waals surface area contributed by atoms with Crippen molar-refractivity contribution in [1.29, 1.82) is 0 Å². The zero-order valence-electron chi connectivity index (χ0n) is 9.93. The second-order valence-corrected chi connectivity index (χ2v) is 4.34. The lowest BCUT2D eigenvalue weighted by Crippen LogP contribution is -2.22. The number of carbonyl (C=O) groups excluding carboxylic acids is 1. The van der Waals surface area contributed by atoms with Crippen LogP contribution in [0.5, 0.6) is 0 Å². The first-order chi connectivity index (χ1) is 8.74. The Labute approximate surface area is 104 Å². The first-order valence-electron chi connectivity index (χ1n) is 5.81. The van der Waals surface area contributed by atoms with Crippen molar-refractivity contribution in [1.82, 2.24) is 5.16 Å². The van der Waals surface area contributed by atoms with Crippen LogP contribution in [-0.2, 0) is 4.79 Å². The zero-order valence-corrected chi connectivity index (χ0v) is 9.93. The number of amides is 1. The van der Waals surface area contributed by atoms with Gasteiger partial charge < -0.3 is 9.84 Å². The molecule has 2 N–H and O–H groups in total. The molecule has 1 aromatic carbocycles. The van der Waals surface area contributed by atoms with Crippen LogP contribution >= 0.6 is 0 Å². The van der Waals surface area contributed by atoms with E-state index in [4.69, 9.17) is 4.52 Å². The Hall–Kier alpha value is -2.30. The van der Waals surface area contributed by atoms with E-state index < -0.39 is 0 Å². The number of hydrogen-bond acceptors (Lipinski definition) is 4. The summed E-state index contributed by atoms with van der Waals surface area (Å²) in [5.74, 6) is 0.122. The standard InChI is InChI=1S/C13H13N3O2/c1-8-6-12(18-16-8)15-13(17)10-7-14-11-5-3-2-4-9(10)11/h2-6,10,14H,7H2,1H3,(H,15,17). The number of para-hydroxylation sites is 1. The summed E-state index contributed by atoms with van der Waals surface area (Å²) < 4.78 is 4.98. The zero-order chi connectivity index (χ0) is 12.5. The molecule has 5 heteroatoms. The Morgan fingerprint density at radius 1 is 1.50 bits per heavy atom. The van der Waals surface area contributed by atoms with E-state index in [0.717, 1.165) is 16.9 Å². The van der Waals surface area contributed by atoms with Crippen LogP contribution < -0.4 is 10.6 Å². The van der Waals surface area contributed by atoms with Gasteiger partial charge in [0.05, 0.1) is 11.6 Å². The highest BCUT2D eigenvalue weighted by atomic mass is 16.5. The Balaban J connectivity index is 1.78. The number of aryl methyl sites for hydroxylation is 1. The summed E-state index contributed by atoms with van der Waals surface area (Å²) in [5.41, 5.74) is 2.79. The third-order valence-corrected chi connectivity index (χ3v) is 3.02. The average Bonchev–Trinajstić information content (AvgIpc) is 2.95. The molecule has 0 saturated carbocycles. The van der Waals surface area contributed by atoms with Gasteiger partial charge in [0.1, 0.15) is 0 Å². The molecule has 92 valence electrons. The number of anilines is 2. The predicted molar refractivity (Wildman–Crippen MR) is 67.5 cm³/mol. The van der Waals surface area contributed by atoms with Gasteiger partial charge in [-0.3, -0.25) is 10.1 Å². The van der Waals surface area contributed by atoms with E-state index >= 15 is 0 Å². The SMILES string of the molecule is Cc1cc(NC(=O)C2CNc3ccccc32)on1. The maximum absolute atomic E-state index is 12.1. The second-order valence-electron chi connectivity index (χ2n) is 4.34. The molecule has 1 aromatic heterocycles. The van der Waals surface area contributed by atoms with Gasteiger partial charge in [-0.15, -0.1) is 0 Å². The highest BCUT2D eigenvalue weighted by Crippen LogP contribution is 2.31. The van der Waals surface area contributed by atoms with Crippen molar-refractivity contribution in [3.8, 4) is 0 Å². The van der Waals surface area contributed by atoms with Gasteiger partial charge in [0, 0.05) is 18.3 Å². The summed E-state index contributed by atoms with van der Waals surface area (Å²) in [7, 11) is 0. The van der Waals surface area contributed by atoms with Crippen LogP contribution in [0.1, 0.15) is 17.2 Å². The highest BCUT2D eigenvalue weighted by molar-refractivity contribution is 5.97. The molecule has 0 fully saturated rings. The van der Waals surface area contributed by atoms with E-state index in [0.29, 0.717) is 12.4 Å². The predicted octanol–water partition coefficient (Wildman–Crippen LogP) is 2.13. The summed E-state index contributed by atoms with van der Waals surface area (Å²) in [6.45, 7) is 2.42. The first-order valence-corrected chi connectivity index (χ1v) is 5.81. The monoisotopic (exact) mass is 243 g/mol. The van der Waals surface area contributed by atoms with Crippen LogP contribution in [0, 0.1) is 6.92 Å². The van der Waals surface area contributed by atoms with Crippen molar-refractivity contribution in [3.05, 3.63) is 41.6 Å². The number of benzene rings is 1. The minimum absolute atomic E-state index is 0.0800.